The van der Waals surface area contributed by atoms with Crippen molar-refractivity contribution < 1.29 is 8.81 Å². The maximum atomic E-state index is 13.2. The molecule has 2 rings (SSSR count). The molecule has 0 aliphatic heterocycles. The fraction of sp³-hybridized carbons (Fsp3) is 0.200. The summed E-state index contributed by atoms with van der Waals surface area (Å²) in [6.07, 6.45) is 0.517. The molecule has 0 amide bonds. The van der Waals surface area contributed by atoms with E-state index in [0.29, 0.717) is 29.0 Å². The number of benzene rings is 1. The molecule has 0 fully saturated rings. The number of nitrogens with zero attached hydrogens (tertiary/aromatic N) is 2. The summed E-state index contributed by atoms with van der Waals surface area (Å²) in [5, 5.41) is 10.4. The molecule has 0 aliphatic rings. The average Bonchev–Trinajstić information content (AvgIpc) is 2.72. The summed E-state index contributed by atoms with van der Waals surface area (Å²) in [6, 6.07) is 4.83. The van der Waals surface area contributed by atoms with Crippen LogP contribution in [-0.2, 0) is 6.42 Å². The molecule has 0 unspecified atom stereocenters. The number of nitrogens with two attached hydrogens (primary N) is 1. The molecular weight excluding hydrogens is 291 g/mol. The quantitative estimate of drug-likeness (QED) is 0.905. The Morgan fingerprint density at radius 1 is 1.41 bits per heavy atom. The highest BCUT2D eigenvalue weighted by molar-refractivity contribution is 9.10. The van der Waals surface area contributed by atoms with E-state index in [1.807, 2.05) is 0 Å². The summed E-state index contributed by atoms with van der Waals surface area (Å²) in [5.74, 6) is 0.0873. The molecule has 90 valence electrons. The third kappa shape index (κ3) is 3.01. The van der Waals surface area contributed by atoms with E-state index < -0.39 is 0 Å². The zero-order chi connectivity index (χ0) is 12.3. The number of aromatic nitrogens is 2. The van der Waals surface area contributed by atoms with Crippen LogP contribution in [-0.4, -0.2) is 16.7 Å². The van der Waals surface area contributed by atoms with E-state index in [0.717, 1.165) is 0 Å². The second-order valence-corrected chi connectivity index (χ2v) is 4.15. The maximum Gasteiger partial charge on any atom is 0.320 e. The largest absolute Gasteiger partial charge is 0.408 e. The first kappa shape index (κ1) is 12.0. The zero-order valence-corrected chi connectivity index (χ0v) is 10.4. The molecule has 2 aromatic rings. The summed E-state index contributed by atoms with van der Waals surface area (Å²) in [6.45, 7) is 0.439. The summed E-state index contributed by atoms with van der Waals surface area (Å²) in [7, 11) is 0. The Hall–Kier alpha value is -1.47. The molecule has 5 nitrogen and oxygen atoms in total. The van der Waals surface area contributed by atoms with Crippen LogP contribution in [0.1, 0.15) is 5.89 Å². The van der Waals surface area contributed by atoms with Gasteiger partial charge in [-0.1, -0.05) is 5.10 Å². The Balaban J connectivity index is 2.11. The lowest BCUT2D eigenvalue weighted by Crippen LogP contribution is -2.02. The minimum atomic E-state index is -0.364. The van der Waals surface area contributed by atoms with Gasteiger partial charge in [0.05, 0.1) is 4.47 Å². The summed E-state index contributed by atoms with van der Waals surface area (Å²) in [5.41, 5.74) is 5.89. The topological polar surface area (TPSA) is 77.0 Å². The molecule has 0 saturated carbocycles. The molecule has 0 spiro atoms. The summed E-state index contributed by atoms with van der Waals surface area (Å²) < 4.78 is 18.9. The Kier molecular flexibility index (Phi) is 3.70. The molecule has 7 heteroatoms. The van der Waals surface area contributed by atoms with Gasteiger partial charge in [-0.3, -0.25) is 0 Å². The first-order valence-electron chi connectivity index (χ1n) is 4.93. The molecule has 1 aromatic carbocycles. The normalized spacial score (nSPS) is 10.5. The number of anilines is 2. The van der Waals surface area contributed by atoms with Gasteiger partial charge in [-0.25, -0.2) is 4.39 Å². The van der Waals surface area contributed by atoms with Gasteiger partial charge in [0.15, 0.2) is 0 Å². The molecule has 1 aromatic heterocycles. The van der Waals surface area contributed by atoms with E-state index in [9.17, 15) is 4.39 Å². The fourth-order valence-corrected chi connectivity index (χ4v) is 1.47. The SMILES string of the molecule is NCCc1nnc(Nc2ccc(Br)c(F)c2)o1. The van der Waals surface area contributed by atoms with Crippen molar-refractivity contribution in [3.05, 3.63) is 34.4 Å². The van der Waals surface area contributed by atoms with Crippen molar-refractivity contribution >= 4 is 27.6 Å². The second-order valence-electron chi connectivity index (χ2n) is 3.29. The minimum absolute atomic E-state index is 0.218. The molecule has 0 atom stereocenters. The van der Waals surface area contributed by atoms with Gasteiger partial charge in [-0.2, -0.15) is 0 Å². The van der Waals surface area contributed by atoms with Crippen molar-refractivity contribution in [3.8, 4) is 0 Å². The number of hydrogen-bond donors (Lipinski definition) is 2. The first-order chi connectivity index (χ1) is 8.19. The molecule has 0 bridgehead atoms. The highest BCUT2D eigenvalue weighted by Crippen LogP contribution is 2.21. The summed E-state index contributed by atoms with van der Waals surface area (Å²) in [4.78, 5) is 0. The second kappa shape index (κ2) is 5.24. The third-order valence-corrected chi connectivity index (χ3v) is 2.64. The Bertz CT molecular complexity index is 517. The predicted molar refractivity (Wildman–Crippen MR) is 64.4 cm³/mol. The van der Waals surface area contributed by atoms with Crippen LogP contribution in [0.4, 0.5) is 16.1 Å². The Morgan fingerprint density at radius 3 is 2.94 bits per heavy atom. The predicted octanol–water partition coefficient (Wildman–Crippen LogP) is 2.22. The van der Waals surface area contributed by atoms with E-state index in [4.69, 9.17) is 10.2 Å². The smallest absolute Gasteiger partial charge is 0.320 e. The maximum absolute atomic E-state index is 13.2. The molecule has 3 N–H and O–H groups in total. The van der Waals surface area contributed by atoms with Gasteiger partial charge < -0.3 is 15.5 Å². The standard InChI is InChI=1S/C10H10BrFN4O/c11-7-2-1-6(5-8(7)12)14-10-16-15-9(17-10)3-4-13/h1-2,5H,3-4,13H2,(H,14,16). The van der Waals surface area contributed by atoms with Crippen LogP contribution in [0.25, 0.3) is 0 Å². The van der Waals surface area contributed by atoms with E-state index in [-0.39, 0.29) is 11.8 Å². The van der Waals surface area contributed by atoms with Crippen molar-refractivity contribution in [1.82, 2.24) is 10.2 Å². The van der Waals surface area contributed by atoms with E-state index in [1.54, 1.807) is 12.1 Å². The van der Waals surface area contributed by atoms with Gasteiger partial charge in [0.1, 0.15) is 5.82 Å². The lowest BCUT2D eigenvalue weighted by molar-refractivity contribution is 0.509. The lowest BCUT2D eigenvalue weighted by Gasteiger charge is -2.01. The van der Waals surface area contributed by atoms with Crippen molar-refractivity contribution in [2.24, 2.45) is 5.73 Å². The highest BCUT2D eigenvalue weighted by Gasteiger charge is 2.06. The van der Waals surface area contributed by atoms with E-state index in [2.05, 4.69) is 31.4 Å². The van der Waals surface area contributed by atoms with Crippen molar-refractivity contribution in [2.45, 2.75) is 6.42 Å². The van der Waals surface area contributed by atoms with Gasteiger partial charge in [0.25, 0.3) is 0 Å². The van der Waals surface area contributed by atoms with Gasteiger partial charge in [-0.15, -0.1) is 5.10 Å². The van der Waals surface area contributed by atoms with Crippen LogP contribution in [0.5, 0.6) is 0 Å². The summed E-state index contributed by atoms with van der Waals surface area (Å²) >= 11 is 3.07. The number of nitrogens with one attached hydrogen (secondary N) is 1. The van der Waals surface area contributed by atoms with Crippen LogP contribution in [0.2, 0.25) is 0 Å². The van der Waals surface area contributed by atoms with Gasteiger partial charge in [-0.05, 0) is 34.1 Å². The van der Waals surface area contributed by atoms with Crippen LogP contribution in [0.3, 0.4) is 0 Å². The molecule has 1 heterocycles. The van der Waals surface area contributed by atoms with Gasteiger partial charge in [0.2, 0.25) is 5.89 Å². The van der Waals surface area contributed by atoms with Crippen molar-refractivity contribution in [1.29, 1.82) is 0 Å². The molecule has 0 saturated heterocycles. The number of halogens is 2. The monoisotopic (exact) mass is 300 g/mol. The molecule has 0 aliphatic carbocycles. The molecule has 17 heavy (non-hydrogen) atoms. The van der Waals surface area contributed by atoms with E-state index in [1.165, 1.54) is 6.07 Å². The van der Waals surface area contributed by atoms with Crippen LogP contribution in [0.15, 0.2) is 27.1 Å². The van der Waals surface area contributed by atoms with Crippen LogP contribution in [0, 0.1) is 5.82 Å². The highest BCUT2D eigenvalue weighted by atomic mass is 79.9. The Morgan fingerprint density at radius 2 is 2.24 bits per heavy atom. The van der Waals surface area contributed by atoms with Crippen molar-refractivity contribution in [3.63, 3.8) is 0 Å². The third-order valence-electron chi connectivity index (χ3n) is 2.00. The average molecular weight is 301 g/mol. The van der Waals surface area contributed by atoms with Crippen molar-refractivity contribution in [2.75, 3.05) is 11.9 Å². The Labute approximate surface area is 105 Å². The van der Waals surface area contributed by atoms with E-state index >= 15 is 0 Å². The van der Waals surface area contributed by atoms with Crippen LogP contribution >= 0.6 is 15.9 Å². The minimum Gasteiger partial charge on any atom is -0.408 e. The molecular formula is C10H10BrFN4O. The molecule has 0 radical (unpaired) electrons. The van der Waals surface area contributed by atoms with Crippen LogP contribution < -0.4 is 11.1 Å². The zero-order valence-electron chi connectivity index (χ0n) is 8.78. The van der Waals surface area contributed by atoms with Gasteiger partial charge >= 0.3 is 6.01 Å². The number of hydrogen-bond acceptors (Lipinski definition) is 5. The van der Waals surface area contributed by atoms with Gasteiger partial charge in [0, 0.05) is 18.7 Å². The first-order valence-corrected chi connectivity index (χ1v) is 5.73. The number of rotatable bonds is 4. The fourth-order valence-electron chi connectivity index (χ4n) is 1.23. The lowest BCUT2D eigenvalue weighted by atomic mass is 10.3.